The number of benzene rings is 5. The van der Waals surface area contributed by atoms with Crippen molar-refractivity contribution in [1.82, 2.24) is 0 Å². The van der Waals surface area contributed by atoms with Gasteiger partial charge in [0, 0.05) is 48.4 Å². The second-order valence-electron chi connectivity index (χ2n) is 26.7. The number of fused-ring (bicyclic) bond motifs is 11. The molecule has 0 fully saturated rings. The molecule has 12 rings (SSSR count). The minimum Gasteiger partial charge on any atom is -0.311 e. The van der Waals surface area contributed by atoms with E-state index in [2.05, 4.69) is 216 Å². The highest BCUT2D eigenvalue weighted by Gasteiger charge is 2.49. The van der Waals surface area contributed by atoms with E-state index in [1.807, 2.05) is 11.8 Å². The third-order valence-electron chi connectivity index (χ3n) is 17.9. The number of allylic oxidation sites excluding steroid dienone is 4. The monoisotopic (exact) mass is 945 g/mol. The molecule has 1 aromatic heterocycles. The number of nitrogens with zero attached hydrogens (tertiary/aromatic N) is 2. The summed E-state index contributed by atoms with van der Waals surface area (Å²) in [4.78, 5) is 8.50. The van der Waals surface area contributed by atoms with Crippen LogP contribution in [0.3, 0.4) is 0 Å². The maximum Gasteiger partial charge on any atom is 0.264 e. The van der Waals surface area contributed by atoms with Gasteiger partial charge in [-0.05, 0) is 180 Å². The SMILES string of the molecule is Cc1cc2c3c(c1)N(c1ccc(C(C)(C)C)c4c1C1CC=CC=C1S4)c1c(sc4ccc(C(C)(C)C)cc14)B3c1cc3c(cc1N2c1ccc2c(c1)C(C)(C)CCCC2(C)C)C(C)(C)CCC3(C)C. The molecule has 0 saturated carbocycles. The molecule has 1 unspecified atom stereocenters. The zero-order valence-electron chi connectivity index (χ0n) is 44.3. The molecule has 69 heavy (non-hydrogen) atoms. The zero-order valence-corrected chi connectivity index (χ0v) is 45.9. The van der Waals surface area contributed by atoms with Gasteiger partial charge < -0.3 is 9.80 Å². The lowest BCUT2D eigenvalue weighted by Gasteiger charge is -2.47. The molecule has 0 radical (unpaired) electrons. The molecule has 3 aliphatic carbocycles. The number of anilines is 6. The van der Waals surface area contributed by atoms with Crippen LogP contribution in [0.1, 0.15) is 186 Å². The van der Waals surface area contributed by atoms with Crippen molar-refractivity contribution in [3.8, 4) is 0 Å². The van der Waals surface area contributed by atoms with Crippen molar-refractivity contribution in [2.75, 3.05) is 9.80 Å². The van der Waals surface area contributed by atoms with E-state index >= 15 is 0 Å². The Morgan fingerprint density at radius 2 is 1.28 bits per heavy atom. The summed E-state index contributed by atoms with van der Waals surface area (Å²) in [5, 5.41) is 1.38. The Kier molecular flexibility index (Phi) is 9.81. The summed E-state index contributed by atoms with van der Waals surface area (Å²) < 4.78 is 2.85. The van der Waals surface area contributed by atoms with Crippen LogP contribution < -0.4 is 25.5 Å². The number of rotatable bonds is 2. The van der Waals surface area contributed by atoms with Gasteiger partial charge in [0.25, 0.3) is 6.71 Å². The Balaban J connectivity index is 1.22. The maximum absolute atomic E-state index is 2.80. The second kappa shape index (κ2) is 14.8. The van der Waals surface area contributed by atoms with Gasteiger partial charge in [0.05, 0.1) is 11.4 Å². The molecule has 0 saturated heterocycles. The summed E-state index contributed by atoms with van der Waals surface area (Å²) >= 11 is 4.09. The molecular weight excluding hydrogens is 872 g/mol. The highest BCUT2D eigenvalue weighted by molar-refractivity contribution is 8.03. The van der Waals surface area contributed by atoms with E-state index in [1.54, 1.807) is 0 Å². The molecule has 6 aromatic rings. The number of thioether (sulfide) groups is 1. The van der Waals surface area contributed by atoms with E-state index < -0.39 is 0 Å². The molecule has 354 valence electrons. The first-order chi connectivity index (χ1) is 32.4. The van der Waals surface area contributed by atoms with E-state index in [0.29, 0.717) is 5.92 Å². The number of hydrogen-bond acceptors (Lipinski definition) is 4. The average molecular weight is 945 g/mol. The lowest BCUT2D eigenvalue weighted by Crippen LogP contribution is -2.61. The van der Waals surface area contributed by atoms with E-state index in [-0.39, 0.29) is 39.2 Å². The smallest absolute Gasteiger partial charge is 0.264 e. The van der Waals surface area contributed by atoms with Gasteiger partial charge in [0.15, 0.2) is 0 Å². The quantitative estimate of drug-likeness (QED) is 0.126. The standard InChI is InChI=1S/C64H73BN2S2/c1-37-31-50-55-51(32-37)67(48-25-24-43(60(5,6)7)57-54(48)40-19-16-17-20-52(40)68-57)56-41-33-38(59(2,3)4)21-26-53(41)69-58(56)65(55)47-35-45-46(64(14,15)30-29-63(45,12)13)36-49(47)66(50)39-22-23-42-44(34-39)62(10,11)28-18-27-61(42,8)9/h16-17,20-26,31-36,40H,18-19,27-30H2,1-15H3. The van der Waals surface area contributed by atoms with Crippen LogP contribution in [0.15, 0.2) is 101 Å². The fourth-order valence-corrected chi connectivity index (χ4v) is 16.5. The minimum absolute atomic E-state index is 0.0115. The number of aryl methyl sites for hydroxylation is 1. The molecular formula is C64H73BN2S2. The van der Waals surface area contributed by atoms with Crippen LogP contribution in [0.4, 0.5) is 34.1 Å². The second-order valence-corrected chi connectivity index (χ2v) is 28.9. The molecule has 6 aliphatic rings. The van der Waals surface area contributed by atoms with Crippen molar-refractivity contribution >= 4 is 89.7 Å². The van der Waals surface area contributed by atoms with Crippen LogP contribution in [0.5, 0.6) is 0 Å². The van der Waals surface area contributed by atoms with Gasteiger partial charge >= 0.3 is 0 Å². The van der Waals surface area contributed by atoms with Crippen molar-refractivity contribution < 1.29 is 0 Å². The van der Waals surface area contributed by atoms with Gasteiger partial charge in [-0.2, -0.15) is 0 Å². The molecule has 0 amide bonds. The Morgan fingerprint density at radius 3 is 1.97 bits per heavy atom. The fraction of sp³-hybridized carbons (Fsp3) is 0.438. The predicted octanol–water partition coefficient (Wildman–Crippen LogP) is 17.0. The van der Waals surface area contributed by atoms with Crippen LogP contribution in [0.25, 0.3) is 10.1 Å². The van der Waals surface area contributed by atoms with E-state index in [9.17, 15) is 0 Å². The molecule has 5 aromatic carbocycles. The minimum atomic E-state index is 0.0115. The molecule has 2 nitrogen and oxygen atoms in total. The van der Waals surface area contributed by atoms with E-state index in [1.165, 1.54) is 146 Å². The van der Waals surface area contributed by atoms with Gasteiger partial charge in [-0.15, -0.1) is 11.3 Å². The lowest BCUT2D eigenvalue weighted by atomic mass is 9.35. The van der Waals surface area contributed by atoms with E-state index in [4.69, 9.17) is 0 Å². The van der Waals surface area contributed by atoms with Gasteiger partial charge in [-0.25, -0.2) is 0 Å². The van der Waals surface area contributed by atoms with Crippen LogP contribution >= 0.6 is 23.1 Å². The summed E-state index contributed by atoms with van der Waals surface area (Å²) in [6, 6.07) is 30.6. The third kappa shape index (κ3) is 6.77. The van der Waals surface area contributed by atoms with Crippen LogP contribution in [-0.2, 0) is 32.5 Å². The van der Waals surface area contributed by atoms with Gasteiger partial charge in [-0.1, -0.05) is 158 Å². The largest absolute Gasteiger partial charge is 0.311 e. The molecule has 0 bridgehead atoms. The fourth-order valence-electron chi connectivity index (χ4n) is 13.6. The van der Waals surface area contributed by atoms with Gasteiger partial charge in [-0.3, -0.25) is 0 Å². The topological polar surface area (TPSA) is 6.48 Å². The Morgan fingerprint density at radius 1 is 0.623 bits per heavy atom. The van der Waals surface area contributed by atoms with Crippen LogP contribution in [0.2, 0.25) is 0 Å². The highest BCUT2D eigenvalue weighted by atomic mass is 32.2. The molecule has 4 heterocycles. The van der Waals surface area contributed by atoms with E-state index in [0.717, 1.165) is 6.42 Å². The Labute approximate surface area is 423 Å². The number of hydrogen-bond donors (Lipinski definition) is 0. The maximum atomic E-state index is 2.80. The Bertz CT molecular complexity index is 3260. The van der Waals surface area contributed by atoms with Crippen molar-refractivity contribution in [2.45, 2.75) is 186 Å². The first-order valence-corrected chi connectivity index (χ1v) is 27.9. The lowest BCUT2D eigenvalue weighted by molar-refractivity contribution is 0.332. The zero-order chi connectivity index (χ0) is 48.7. The summed E-state index contributed by atoms with van der Waals surface area (Å²) in [5.41, 5.74) is 23.1. The van der Waals surface area contributed by atoms with Gasteiger partial charge in [0.2, 0.25) is 0 Å². The number of thiophene rings is 1. The summed E-state index contributed by atoms with van der Waals surface area (Å²) in [5.74, 6) is 0.339. The van der Waals surface area contributed by atoms with Crippen molar-refractivity contribution in [3.05, 3.63) is 140 Å². The normalized spacial score (nSPS) is 21.1. The van der Waals surface area contributed by atoms with Crippen molar-refractivity contribution in [1.29, 1.82) is 0 Å². The van der Waals surface area contributed by atoms with Gasteiger partial charge in [0.1, 0.15) is 0 Å². The summed E-state index contributed by atoms with van der Waals surface area (Å²) in [6.07, 6.45) is 14.2. The predicted molar refractivity (Wildman–Crippen MR) is 304 cm³/mol. The first kappa shape index (κ1) is 45.7. The molecule has 0 spiro atoms. The van der Waals surface area contributed by atoms with Crippen molar-refractivity contribution in [2.24, 2.45) is 0 Å². The molecule has 0 N–H and O–H groups in total. The summed E-state index contributed by atoms with van der Waals surface area (Å²) in [6.45, 7) is 36.7. The highest BCUT2D eigenvalue weighted by Crippen LogP contribution is 2.61. The molecule has 5 heteroatoms. The van der Waals surface area contributed by atoms with Crippen molar-refractivity contribution in [3.63, 3.8) is 0 Å². The van der Waals surface area contributed by atoms with Crippen LogP contribution in [-0.4, -0.2) is 6.71 Å². The summed E-state index contributed by atoms with van der Waals surface area (Å²) in [7, 11) is 0. The van der Waals surface area contributed by atoms with Crippen LogP contribution in [0, 0.1) is 6.92 Å². The molecule has 3 aliphatic heterocycles. The molecule has 1 atom stereocenters. The average Bonchev–Trinajstić information content (AvgIpc) is 3.83. The third-order valence-corrected chi connectivity index (χ3v) is 20.4. The Hall–Kier alpha value is -4.45. The first-order valence-electron chi connectivity index (χ1n) is 26.2.